The van der Waals surface area contributed by atoms with Gasteiger partial charge in [-0.05, 0) is 38.8 Å². The number of pyridine rings is 1. The van der Waals surface area contributed by atoms with Crippen LogP contribution in [0.25, 0.3) is 0 Å². The first-order valence-corrected chi connectivity index (χ1v) is 8.47. The van der Waals surface area contributed by atoms with E-state index in [-0.39, 0.29) is 18.3 Å². The van der Waals surface area contributed by atoms with Crippen LogP contribution in [0.2, 0.25) is 0 Å². The minimum Gasteiger partial charge on any atom is -0.489 e. The van der Waals surface area contributed by atoms with Gasteiger partial charge in [0.15, 0.2) is 0 Å². The standard InChI is InChI=1S/C19H27NO4/c1-14(2)22-9-10-23-15(3)5-6-16-7-8-17(13-20-16)24-19-11-18(12-19)21-4/h7-8,13-15,18-19H,9-12H2,1-4H3. The fourth-order valence-electron chi connectivity index (χ4n) is 2.25. The van der Waals surface area contributed by atoms with Crippen LogP contribution in [-0.2, 0) is 14.2 Å². The second-order valence-electron chi connectivity index (χ2n) is 6.15. The van der Waals surface area contributed by atoms with Gasteiger partial charge in [0.1, 0.15) is 23.7 Å². The quantitative estimate of drug-likeness (QED) is 0.541. The smallest absolute Gasteiger partial charge is 0.138 e. The number of hydrogen-bond acceptors (Lipinski definition) is 5. The fraction of sp³-hybridized carbons (Fsp3) is 0.632. The van der Waals surface area contributed by atoms with Crippen LogP contribution in [0.1, 0.15) is 39.3 Å². The molecule has 0 aromatic carbocycles. The molecule has 132 valence electrons. The molecule has 1 heterocycles. The lowest BCUT2D eigenvalue weighted by molar-refractivity contribution is -0.0382. The number of methoxy groups -OCH3 is 1. The van der Waals surface area contributed by atoms with Gasteiger partial charge in [-0.3, -0.25) is 0 Å². The van der Waals surface area contributed by atoms with E-state index in [0.29, 0.717) is 25.0 Å². The molecule has 0 radical (unpaired) electrons. The second kappa shape index (κ2) is 9.63. The van der Waals surface area contributed by atoms with Gasteiger partial charge in [0.2, 0.25) is 0 Å². The Labute approximate surface area is 144 Å². The summed E-state index contributed by atoms with van der Waals surface area (Å²) in [6.45, 7) is 7.05. The van der Waals surface area contributed by atoms with Gasteiger partial charge in [-0.25, -0.2) is 4.98 Å². The van der Waals surface area contributed by atoms with Crippen LogP contribution in [-0.4, -0.2) is 49.7 Å². The van der Waals surface area contributed by atoms with Gasteiger partial charge in [-0.1, -0.05) is 5.92 Å². The first-order chi connectivity index (χ1) is 11.6. The highest BCUT2D eigenvalue weighted by atomic mass is 16.5. The third kappa shape index (κ3) is 6.48. The number of ether oxygens (including phenoxy) is 4. The van der Waals surface area contributed by atoms with E-state index in [1.54, 1.807) is 13.3 Å². The van der Waals surface area contributed by atoms with Crippen molar-refractivity contribution in [1.82, 2.24) is 4.98 Å². The molecule has 0 bridgehead atoms. The maximum absolute atomic E-state index is 5.82. The first-order valence-electron chi connectivity index (χ1n) is 8.47. The summed E-state index contributed by atoms with van der Waals surface area (Å²) in [6.07, 6.45) is 4.22. The van der Waals surface area contributed by atoms with E-state index in [1.807, 2.05) is 32.9 Å². The molecule has 1 fully saturated rings. The summed E-state index contributed by atoms with van der Waals surface area (Å²) in [5.41, 5.74) is 0.708. The molecule has 0 amide bonds. The lowest BCUT2D eigenvalue weighted by atomic mass is 9.92. The molecule has 0 saturated heterocycles. The van der Waals surface area contributed by atoms with Crippen molar-refractivity contribution in [1.29, 1.82) is 0 Å². The average Bonchev–Trinajstić information content (AvgIpc) is 2.53. The van der Waals surface area contributed by atoms with Crippen LogP contribution in [0.3, 0.4) is 0 Å². The van der Waals surface area contributed by atoms with Gasteiger partial charge in [-0.2, -0.15) is 0 Å². The van der Waals surface area contributed by atoms with E-state index in [2.05, 4.69) is 16.8 Å². The lowest BCUT2D eigenvalue weighted by Gasteiger charge is -2.33. The minimum absolute atomic E-state index is 0.153. The minimum atomic E-state index is -0.153. The lowest BCUT2D eigenvalue weighted by Crippen LogP contribution is -2.38. The molecule has 24 heavy (non-hydrogen) atoms. The Morgan fingerprint density at radius 3 is 2.50 bits per heavy atom. The molecule has 2 rings (SSSR count). The zero-order valence-electron chi connectivity index (χ0n) is 15.0. The van der Waals surface area contributed by atoms with Gasteiger partial charge in [0, 0.05) is 20.0 Å². The number of nitrogens with zero attached hydrogens (tertiary/aromatic N) is 1. The third-order valence-electron chi connectivity index (χ3n) is 3.73. The van der Waals surface area contributed by atoms with Crippen molar-refractivity contribution in [2.45, 2.75) is 58.0 Å². The van der Waals surface area contributed by atoms with E-state index in [9.17, 15) is 0 Å². The van der Waals surface area contributed by atoms with E-state index in [4.69, 9.17) is 18.9 Å². The molecule has 5 heteroatoms. The average molecular weight is 333 g/mol. The Morgan fingerprint density at radius 1 is 1.12 bits per heavy atom. The van der Waals surface area contributed by atoms with E-state index < -0.39 is 0 Å². The van der Waals surface area contributed by atoms with Crippen LogP contribution in [0, 0.1) is 11.8 Å². The van der Waals surface area contributed by atoms with Gasteiger partial charge in [0.05, 0.1) is 31.6 Å². The SMILES string of the molecule is COC1CC(Oc2ccc(C#CC(C)OCCOC(C)C)nc2)C1. The van der Waals surface area contributed by atoms with Gasteiger partial charge >= 0.3 is 0 Å². The zero-order chi connectivity index (χ0) is 17.4. The predicted molar refractivity (Wildman–Crippen MR) is 92.1 cm³/mol. The van der Waals surface area contributed by atoms with Crippen molar-refractivity contribution in [3.8, 4) is 17.6 Å². The molecular weight excluding hydrogens is 306 g/mol. The van der Waals surface area contributed by atoms with E-state index >= 15 is 0 Å². The highest BCUT2D eigenvalue weighted by Crippen LogP contribution is 2.27. The van der Waals surface area contributed by atoms with E-state index in [1.165, 1.54) is 0 Å². The topological polar surface area (TPSA) is 49.8 Å². The summed E-state index contributed by atoms with van der Waals surface area (Å²) in [5, 5.41) is 0. The highest BCUT2D eigenvalue weighted by Gasteiger charge is 2.30. The van der Waals surface area contributed by atoms with Crippen molar-refractivity contribution < 1.29 is 18.9 Å². The van der Waals surface area contributed by atoms with Crippen LogP contribution in [0.4, 0.5) is 0 Å². The number of aromatic nitrogens is 1. The maximum Gasteiger partial charge on any atom is 0.138 e. The Hall–Kier alpha value is -1.61. The molecule has 0 N–H and O–H groups in total. The van der Waals surface area contributed by atoms with Crippen LogP contribution >= 0.6 is 0 Å². The molecule has 1 atom stereocenters. The molecule has 1 unspecified atom stereocenters. The fourth-order valence-corrected chi connectivity index (χ4v) is 2.25. The molecule has 1 aromatic rings. The molecule has 1 aliphatic rings. The largest absolute Gasteiger partial charge is 0.489 e. The van der Waals surface area contributed by atoms with Crippen LogP contribution < -0.4 is 4.74 Å². The summed E-state index contributed by atoms with van der Waals surface area (Å²) in [7, 11) is 1.73. The molecule has 1 saturated carbocycles. The number of rotatable bonds is 8. The summed E-state index contributed by atoms with van der Waals surface area (Å²) in [6, 6.07) is 3.77. The van der Waals surface area contributed by atoms with Crippen molar-refractivity contribution >= 4 is 0 Å². The number of hydrogen-bond donors (Lipinski definition) is 0. The Balaban J connectivity index is 1.71. The third-order valence-corrected chi connectivity index (χ3v) is 3.73. The van der Waals surface area contributed by atoms with Gasteiger partial charge in [-0.15, -0.1) is 0 Å². The zero-order valence-corrected chi connectivity index (χ0v) is 15.0. The molecule has 1 aromatic heterocycles. The van der Waals surface area contributed by atoms with Gasteiger partial charge in [0.25, 0.3) is 0 Å². The molecule has 0 spiro atoms. The molecule has 5 nitrogen and oxygen atoms in total. The summed E-state index contributed by atoms with van der Waals surface area (Å²) >= 11 is 0. The normalized spacial score (nSPS) is 20.9. The van der Waals surface area contributed by atoms with Crippen LogP contribution in [0.15, 0.2) is 18.3 Å². The van der Waals surface area contributed by atoms with E-state index in [0.717, 1.165) is 18.6 Å². The first kappa shape index (κ1) is 18.7. The summed E-state index contributed by atoms with van der Waals surface area (Å²) < 4.78 is 22.0. The molecule has 1 aliphatic carbocycles. The predicted octanol–water partition coefficient (Wildman–Crippen LogP) is 2.82. The van der Waals surface area contributed by atoms with Crippen molar-refractivity contribution in [2.24, 2.45) is 0 Å². The second-order valence-corrected chi connectivity index (χ2v) is 6.15. The summed E-state index contributed by atoms with van der Waals surface area (Å²) in [5.74, 6) is 6.83. The Morgan fingerprint density at radius 2 is 1.88 bits per heavy atom. The maximum atomic E-state index is 5.82. The van der Waals surface area contributed by atoms with Crippen LogP contribution in [0.5, 0.6) is 5.75 Å². The highest BCUT2D eigenvalue weighted by molar-refractivity contribution is 5.32. The van der Waals surface area contributed by atoms with Crippen molar-refractivity contribution in [3.05, 3.63) is 24.0 Å². The molecular formula is C19H27NO4. The van der Waals surface area contributed by atoms with Crippen molar-refractivity contribution in [3.63, 3.8) is 0 Å². The summed E-state index contributed by atoms with van der Waals surface area (Å²) in [4.78, 5) is 4.31. The van der Waals surface area contributed by atoms with Crippen molar-refractivity contribution in [2.75, 3.05) is 20.3 Å². The Kier molecular flexibility index (Phi) is 7.51. The Bertz CT molecular complexity index is 541. The van der Waals surface area contributed by atoms with Gasteiger partial charge < -0.3 is 18.9 Å². The molecule has 0 aliphatic heterocycles. The monoisotopic (exact) mass is 333 g/mol.